The molecular weight excluding hydrogens is 278 g/mol. The van der Waals surface area contributed by atoms with Gasteiger partial charge in [-0.2, -0.15) is 0 Å². The molecule has 0 aliphatic heterocycles. The number of aromatic amines is 1. The quantitative estimate of drug-likeness (QED) is 0.564. The molecule has 0 radical (unpaired) electrons. The predicted octanol–water partition coefficient (Wildman–Crippen LogP) is 1.83. The van der Waals surface area contributed by atoms with Crippen LogP contribution in [0.4, 0.5) is 5.69 Å². The Hall–Kier alpha value is -2.38. The van der Waals surface area contributed by atoms with Crippen LogP contribution in [-0.4, -0.2) is 32.4 Å². The first-order valence-corrected chi connectivity index (χ1v) is 6.79. The third-order valence-electron chi connectivity index (χ3n) is 3.80. The van der Waals surface area contributed by atoms with E-state index in [1.807, 2.05) is 0 Å². The molecule has 1 fully saturated rings. The number of carbonyl (C=O) groups excluding carboxylic acids is 1. The number of carboxylic acids is 1. The van der Waals surface area contributed by atoms with E-state index in [4.69, 9.17) is 5.11 Å². The van der Waals surface area contributed by atoms with E-state index in [0.717, 1.165) is 31.5 Å². The van der Waals surface area contributed by atoms with Crippen LogP contribution >= 0.6 is 0 Å². The van der Waals surface area contributed by atoms with Gasteiger partial charge in [0.1, 0.15) is 5.69 Å². The van der Waals surface area contributed by atoms with Gasteiger partial charge in [-0.25, -0.2) is 0 Å². The topological polar surface area (TPSA) is 125 Å². The minimum absolute atomic E-state index is 0.0667. The number of carbonyl (C=O) groups is 2. The average molecular weight is 295 g/mol. The maximum atomic E-state index is 12.2. The second kappa shape index (κ2) is 5.94. The summed E-state index contributed by atoms with van der Waals surface area (Å²) in [6.45, 7) is 0. The molecule has 1 aliphatic carbocycles. The van der Waals surface area contributed by atoms with Crippen molar-refractivity contribution in [2.45, 2.75) is 44.1 Å². The number of carboxylic acid groups (broad SMARTS) is 1. The van der Waals surface area contributed by atoms with Crippen molar-refractivity contribution >= 4 is 17.6 Å². The van der Waals surface area contributed by atoms with Gasteiger partial charge in [0.25, 0.3) is 11.6 Å². The number of nitrogens with zero attached hydrogens (tertiary/aromatic N) is 1. The number of nitro groups is 1. The van der Waals surface area contributed by atoms with Crippen molar-refractivity contribution in [3.05, 3.63) is 28.1 Å². The Bertz CT molecular complexity index is 560. The SMILES string of the molecule is O=C(O)CC1(NC(=O)c2cc([N+](=O)[O-])c[nH]2)CCCCC1. The molecule has 1 aliphatic rings. The highest BCUT2D eigenvalue weighted by Crippen LogP contribution is 2.31. The zero-order chi connectivity index (χ0) is 15.5. The van der Waals surface area contributed by atoms with Gasteiger partial charge in [-0.05, 0) is 12.8 Å². The highest BCUT2D eigenvalue weighted by atomic mass is 16.6. The van der Waals surface area contributed by atoms with Crippen molar-refractivity contribution in [1.82, 2.24) is 10.3 Å². The van der Waals surface area contributed by atoms with E-state index < -0.39 is 22.3 Å². The van der Waals surface area contributed by atoms with Crippen LogP contribution in [0.25, 0.3) is 0 Å². The van der Waals surface area contributed by atoms with Crippen molar-refractivity contribution in [1.29, 1.82) is 0 Å². The molecule has 3 N–H and O–H groups in total. The molecular formula is C13H17N3O5. The Balaban J connectivity index is 2.13. The first-order valence-electron chi connectivity index (χ1n) is 6.79. The number of hydrogen-bond donors (Lipinski definition) is 3. The predicted molar refractivity (Wildman–Crippen MR) is 73.0 cm³/mol. The van der Waals surface area contributed by atoms with Gasteiger partial charge in [-0.15, -0.1) is 0 Å². The Morgan fingerprint density at radius 2 is 2.05 bits per heavy atom. The molecule has 114 valence electrons. The fraction of sp³-hybridized carbons (Fsp3) is 0.538. The molecule has 0 bridgehead atoms. The molecule has 0 unspecified atom stereocenters. The summed E-state index contributed by atoms with van der Waals surface area (Å²) in [4.78, 5) is 35.8. The van der Waals surface area contributed by atoms with Crippen LogP contribution < -0.4 is 5.32 Å². The maximum Gasteiger partial charge on any atom is 0.305 e. The second-order valence-electron chi connectivity index (χ2n) is 5.39. The molecule has 1 saturated carbocycles. The summed E-state index contributed by atoms with van der Waals surface area (Å²) >= 11 is 0. The minimum atomic E-state index is -0.963. The van der Waals surface area contributed by atoms with Crippen molar-refractivity contribution in [2.75, 3.05) is 0 Å². The molecule has 1 heterocycles. The van der Waals surface area contributed by atoms with E-state index in [-0.39, 0.29) is 17.8 Å². The van der Waals surface area contributed by atoms with Gasteiger partial charge in [-0.3, -0.25) is 19.7 Å². The Morgan fingerprint density at radius 1 is 1.38 bits per heavy atom. The van der Waals surface area contributed by atoms with Gasteiger partial charge in [0, 0.05) is 6.07 Å². The smallest absolute Gasteiger partial charge is 0.305 e. The van der Waals surface area contributed by atoms with E-state index in [1.54, 1.807) is 0 Å². The fourth-order valence-electron chi connectivity index (χ4n) is 2.79. The van der Waals surface area contributed by atoms with Crippen molar-refractivity contribution in [3.8, 4) is 0 Å². The number of hydrogen-bond acceptors (Lipinski definition) is 4. The van der Waals surface area contributed by atoms with Crippen LogP contribution in [-0.2, 0) is 4.79 Å². The van der Waals surface area contributed by atoms with E-state index in [1.165, 1.54) is 0 Å². The number of nitrogens with one attached hydrogen (secondary N) is 2. The van der Waals surface area contributed by atoms with E-state index in [0.29, 0.717) is 12.8 Å². The highest BCUT2D eigenvalue weighted by molar-refractivity contribution is 5.94. The van der Waals surface area contributed by atoms with E-state index in [9.17, 15) is 19.7 Å². The Kier molecular flexibility index (Phi) is 4.25. The normalized spacial score (nSPS) is 17.1. The lowest BCUT2D eigenvalue weighted by molar-refractivity contribution is -0.384. The van der Waals surface area contributed by atoms with Gasteiger partial charge in [0.05, 0.1) is 23.1 Å². The molecule has 0 aromatic carbocycles. The molecule has 8 nitrogen and oxygen atoms in total. The summed E-state index contributed by atoms with van der Waals surface area (Å²) < 4.78 is 0. The van der Waals surface area contributed by atoms with Crippen LogP contribution in [0.2, 0.25) is 0 Å². The number of rotatable bonds is 5. The standard InChI is InChI=1S/C13H17N3O5/c17-11(18)7-13(4-2-1-3-5-13)15-12(19)10-6-9(8-14-10)16(20)21/h6,8,14H,1-5,7H2,(H,15,19)(H,17,18). The molecule has 1 aromatic heterocycles. The van der Waals surface area contributed by atoms with Gasteiger partial charge >= 0.3 is 5.97 Å². The number of aromatic nitrogens is 1. The summed E-state index contributed by atoms with van der Waals surface area (Å²) in [5, 5.41) is 22.4. The average Bonchev–Trinajstić information content (AvgIpc) is 2.88. The van der Waals surface area contributed by atoms with Gasteiger partial charge < -0.3 is 15.4 Å². The highest BCUT2D eigenvalue weighted by Gasteiger charge is 2.36. The van der Waals surface area contributed by atoms with E-state index in [2.05, 4.69) is 10.3 Å². The molecule has 0 spiro atoms. The molecule has 8 heteroatoms. The number of H-pyrrole nitrogens is 1. The number of aliphatic carboxylic acids is 1. The lowest BCUT2D eigenvalue weighted by Crippen LogP contribution is -2.51. The summed E-state index contributed by atoms with van der Waals surface area (Å²) in [7, 11) is 0. The van der Waals surface area contributed by atoms with Gasteiger partial charge in [0.2, 0.25) is 0 Å². The summed E-state index contributed by atoms with van der Waals surface area (Å²) in [6, 6.07) is 1.15. The Morgan fingerprint density at radius 3 is 2.57 bits per heavy atom. The molecule has 2 rings (SSSR count). The van der Waals surface area contributed by atoms with Crippen LogP contribution in [0.15, 0.2) is 12.3 Å². The van der Waals surface area contributed by atoms with Crippen molar-refractivity contribution < 1.29 is 19.6 Å². The summed E-state index contributed by atoms with van der Waals surface area (Å²) in [6.07, 6.45) is 4.95. The van der Waals surface area contributed by atoms with Crippen LogP contribution in [0.3, 0.4) is 0 Å². The Labute approximate surface area is 120 Å². The third kappa shape index (κ3) is 3.59. The minimum Gasteiger partial charge on any atom is -0.481 e. The van der Waals surface area contributed by atoms with Gasteiger partial charge in [0.15, 0.2) is 0 Å². The molecule has 0 saturated heterocycles. The van der Waals surface area contributed by atoms with Crippen molar-refractivity contribution in [2.24, 2.45) is 0 Å². The third-order valence-corrected chi connectivity index (χ3v) is 3.80. The first kappa shape index (κ1) is 15.0. The monoisotopic (exact) mass is 295 g/mol. The van der Waals surface area contributed by atoms with Crippen LogP contribution in [0.5, 0.6) is 0 Å². The van der Waals surface area contributed by atoms with Crippen LogP contribution in [0, 0.1) is 10.1 Å². The summed E-state index contributed by atoms with van der Waals surface area (Å²) in [5.41, 5.74) is -0.894. The molecule has 1 amide bonds. The molecule has 21 heavy (non-hydrogen) atoms. The maximum absolute atomic E-state index is 12.2. The first-order chi connectivity index (χ1) is 9.92. The largest absolute Gasteiger partial charge is 0.481 e. The van der Waals surface area contributed by atoms with Crippen LogP contribution in [0.1, 0.15) is 49.0 Å². The zero-order valence-electron chi connectivity index (χ0n) is 11.4. The van der Waals surface area contributed by atoms with Gasteiger partial charge in [-0.1, -0.05) is 19.3 Å². The fourth-order valence-corrected chi connectivity index (χ4v) is 2.79. The molecule has 0 atom stereocenters. The van der Waals surface area contributed by atoms with E-state index >= 15 is 0 Å². The zero-order valence-corrected chi connectivity index (χ0v) is 11.4. The molecule has 1 aromatic rings. The number of amides is 1. The van der Waals surface area contributed by atoms with Crippen molar-refractivity contribution in [3.63, 3.8) is 0 Å². The second-order valence-corrected chi connectivity index (χ2v) is 5.39. The summed E-state index contributed by atoms with van der Waals surface area (Å²) in [5.74, 6) is -1.47. The lowest BCUT2D eigenvalue weighted by Gasteiger charge is -2.36. The lowest BCUT2D eigenvalue weighted by atomic mass is 9.79.